The minimum atomic E-state index is 0.207. The summed E-state index contributed by atoms with van der Waals surface area (Å²) < 4.78 is 5.03. The van der Waals surface area contributed by atoms with E-state index in [0.717, 1.165) is 42.3 Å². The molecule has 0 spiro atoms. The van der Waals surface area contributed by atoms with Gasteiger partial charge in [-0.15, -0.1) is 0 Å². The molecule has 20 heavy (non-hydrogen) atoms. The van der Waals surface area contributed by atoms with Gasteiger partial charge in [0, 0.05) is 56.2 Å². The number of hydrogen-bond acceptors (Lipinski definition) is 4. The first-order chi connectivity index (χ1) is 9.74. The molecule has 4 nitrogen and oxygen atoms in total. The molecule has 0 aromatic heterocycles. The van der Waals surface area contributed by atoms with Gasteiger partial charge in [-0.3, -0.25) is 0 Å². The number of rotatable bonds is 10. The Morgan fingerprint density at radius 1 is 1.40 bits per heavy atom. The van der Waals surface area contributed by atoms with Gasteiger partial charge in [0.05, 0.1) is 6.61 Å². The van der Waals surface area contributed by atoms with Gasteiger partial charge in [-0.05, 0) is 25.5 Å². The maximum absolute atomic E-state index is 9.00. The van der Waals surface area contributed by atoms with Crippen LogP contribution in [0, 0.1) is 0 Å². The molecule has 0 radical (unpaired) electrons. The molecular weight excluding hydrogens is 276 g/mol. The second kappa shape index (κ2) is 10.00. The summed E-state index contributed by atoms with van der Waals surface area (Å²) >= 11 is 6.33. The van der Waals surface area contributed by atoms with E-state index >= 15 is 0 Å². The van der Waals surface area contributed by atoms with Crippen LogP contribution in [-0.2, 0) is 11.3 Å². The van der Waals surface area contributed by atoms with Gasteiger partial charge in [-0.1, -0.05) is 17.7 Å². The van der Waals surface area contributed by atoms with Gasteiger partial charge in [0.1, 0.15) is 0 Å². The summed E-state index contributed by atoms with van der Waals surface area (Å²) in [5, 5.41) is 13.1. The molecule has 2 N–H and O–H groups in total. The van der Waals surface area contributed by atoms with Gasteiger partial charge in [-0.25, -0.2) is 0 Å². The smallest absolute Gasteiger partial charge is 0.0587 e. The predicted molar refractivity (Wildman–Crippen MR) is 84.6 cm³/mol. The SMILES string of the molecule is CCN(CCCO)c1cccc(Cl)c1CNCCOC. The highest BCUT2D eigenvalue weighted by Gasteiger charge is 2.12. The minimum absolute atomic E-state index is 0.207. The first-order valence-corrected chi connectivity index (χ1v) is 7.45. The zero-order chi connectivity index (χ0) is 14.8. The van der Waals surface area contributed by atoms with Crippen LogP contribution in [0.25, 0.3) is 0 Å². The second-order valence-corrected chi connectivity index (χ2v) is 4.97. The number of aliphatic hydroxyl groups is 1. The van der Waals surface area contributed by atoms with Gasteiger partial charge in [0.25, 0.3) is 0 Å². The summed E-state index contributed by atoms with van der Waals surface area (Å²) in [7, 11) is 1.69. The Kier molecular flexibility index (Phi) is 8.62. The van der Waals surface area contributed by atoms with Gasteiger partial charge < -0.3 is 20.1 Å². The number of methoxy groups -OCH3 is 1. The fourth-order valence-corrected chi connectivity index (χ4v) is 2.35. The van der Waals surface area contributed by atoms with Crippen molar-refractivity contribution in [3.05, 3.63) is 28.8 Å². The fraction of sp³-hybridized carbons (Fsp3) is 0.600. The number of aliphatic hydroxyl groups excluding tert-OH is 1. The normalized spacial score (nSPS) is 10.8. The molecule has 0 heterocycles. The zero-order valence-electron chi connectivity index (χ0n) is 12.4. The number of anilines is 1. The quantitative estimate of drug-likeness (QED) is 0.651. The number of nitrogens with zero attached hydrogens (tertiary/aromatic N) is 1. The second-order valence-electron chi connectivity index (χ2n) is 4.56. The van der Waals surface area contributed by atoms with Crippen LogP contribution in [0.2, 0.25) is 5.02 Å². The van der Waals surface area contributed by atoms with E-state index < -0.39 is 0 Å². The Labute approximate surface area is 126 Å². The Bertz CT molecular complexity index is 388. The number of hydrogen-bond donors (Lipinski definition) is 2. The van der Waals surface area contributed by atoms with Crippen LogP contribution >= 0.6 is 11.6 Å². The lowest BCUT2D eigenvalue weighted by Crippen LogP contribution is -2.27. The lowest BCUT2D eigenvalue weighted by atomic mass is 10.1. The number of benzene rings is 1. The van der Waals surface area contributed by atoms with Crippen LogP contribution in [-0.4, -0.2) is 45.1 Å². The largest absolute Gasteiger partial charge is 0.396 e. The van der Waals surface area contributed by atoms with Gasteiger partial charge in [0.2, 0.25) is 0 Å². The average Bonchev–Trinajstić information content (AvgIpc) is 2.46. The molecule has 0 atom stereocenters. The molecule has 1 aromatic rings. The van der Waals surface area contributed by atoms with Crippen LogP contribution in [0.3, 0.4) is 0 Å². The molecule has 0 unspecified atom stereocenters. The van der Waals surface area contributed by atoms with Crippen molar-refractivity contribution in [2.45, 2.75) is 19.9 Å². The molecule has 5 heteroatoms. The Balaban J connectivity index is 2.79. The van der Waals surface area contributed by atoms with Crippen LogP contribution in [0.15, 0.2) is 18.2 Å². The maximum atomic E-state index is 9.00. The van der Waals surface area contributed by atoms with E-state index in [1.165, 1.54) is 0 Å². The molecule has 0 saturated heterocycles. The molecular formula is C15H25ClN2O2. The summed E-state index contributed by atoms with van der Waals surface area (Å²) in [6, 6.07) is 5.97. The molecule has 1 aromatic carbocycles. The number of nitrogens with one attached hydrogen (secondary N) is 1. The fourth-order valence-electron chi connectivity index (χ4n) is 2.12. The standard InChI is InChI=1S/C15H25ClN2O2/c1-3-18(9-5-10-19)15-7-4-6-14(16)13(15)12-17-8-11-20-2/h4,6-7,17,19H,3,5,8-12H2,1-2H3. The highest BCUT2D eigenvalue weighted by atomic mass is 35.5. The van der Waals surface area contributed by atoms with Gasteiger partial charge in [0.15, 0.2) is 0 Å². The molecule has 0 aliphatic heterocycles. The molecule has 0 aliphatic carbocycles. The molecule has 1 rings (SSSR count). The van der Waals surface area contributed by atoms with Crippen molar-refractivity contribution in [3.63, 3.8) is 0 Å². The lowest BCUT2D eigenvalue weighted by molar-refractivity contribution is 0.199. The molecule has 114 valence electrons. The van der Waals surface area contributed by atoms with E-state index in [1.807, 2.05) is 12.1 Å². The summed E-state index contributed by atoms with van der Waals surface area (Å²) in [5.74, 6) is 0. The molecule has 0 saturated carbocycles. The van der Waals surface area contributed by atoms with Crippen molar-refractivity contribution in [1.29, 1.82) is 0 Å². The van der Waals surface area contributed by atoms with Crippen LogP contribution in [0.4, 0.5) is 5.69 Å². The Morgan fingerprint density at radius 3 is 2.85 bits per heavy atom. The Hall–Kier alpha value is -0.810. The molecule has 0 bridgehead atoms. The van der Waals surface area contributed by atoms with Crippen LogP contribution < -0.4 is 10.2 Å². The van der Waals surface area contributed by atoms with E-state index in [0.29, 0.717) is 13.2 Å². The molecule has 0 aliphatic rings. The summed E-state index contributed by atoms with van der Waals surface area (Å²) in [4.78, 5) is 2.25. The van der Waals surface area contributed by atoms with Crippen molar-refractivity contribution in [1.82, 2.24) is 5.32 Å². The molecule has 0 amide bonds. The summed E-state index contributed by atoms with van der Waals surface area (Å²) in [5.41, 5.74) is 2.24. The maximum Gasteiger partial charge on any atom is 0.0587 e. The number of ether oxygens (including phenoxy) is 1. The summed E-state index contributed by atoms with van der Waals surface area (Å²) in [6.07, 6.45) is 0.761. The predicted octanol–water partition coefficient (Wildman–Crippen LogP) is 2.28. The van der Waals surface area contributed by atoms with Crippen molar-refractivity contribution in [2.75, 3.05) is 44.9 Å². The third-order valence-electron chi connectivity index (χ3n) is 3.19. The van der Waals surface area contributed by atoms with Crippen molar-refractivity contribution >= 4 is 17.3 Å². The topological polar surface area (TPSA) is 44.7 Å². The summed E-state index contributed by atoms with van der Waals surface area (Å²) in [6.45, 7) is 6.24. The molecule has 0 fully saturated rings. The van der Waals surface area contributed by atoms with Crippen molar-refractivity contribution < 1.29 is 9.84 Å². The van der Waals surface area contributed by atoms with Crippen molar-refractivity contribution in [3.8, 4) is 0 Å². The van der Waals surface area contributed by atoms with Crippen LogP contribution in [0.1, 0.15) is 18.9 Å². The van der Waals surface area contributed by atoms with Crippen LogP contribution in [0.5, 0.6) is 0 Å². The van der Waals surface area contributed by atoms with E-state index in [2.05, 4.69) is 23.2 Å². The van der Waals surface area contributed by atoms with E-state index in [9.17, 15) is 0 Å². The average molecular weight is 301 g/mol. The zero-order valence-corrected chi connectivity index (χ0v) is 13.1. The lowest BCUT2D eigenvalue weighted by Gasteiger charge is -2.26. The third kappa shape index (κ3) is 5.29. The van der Waals surface area contributed by atoms with E-state index in [4.69, 9.17) is 21.4 Å². The first kappa shape index (κ1) is 17.2. The van der Waals surface area contributed by atoms with Crippen molar-refractivity contribution in [2.24, 2.45) is 0 Å². The van der Waals surface area contributed by atoms with E-state index in [1.54, 1.807) is 7.11 Å². The highest BCUT2D eigenvalue weighted by molar-refractivity contribution is 6.31. The monoisotopic (exact) mass is 300 g/mol. The van der Waals surface area contributed by atoms with Gasteiger partial charge in [-0.2, -0.15) is 0 Å². The Morgan fingerprint density at radius 2 is 2.20 bits per heavy atom. The van der Waals surface area contributed by atoms with E-state index in [-0.39, 0.29) is 6.61 Å². The third-order valence-corrected chi connectivity index (χ3v) is 3.54. The number of halogens is 1. The minimum Gasteiger partial charge on any atom is -0.396 e. The first-order valence-electron chi connectivity index (χ1n) is 7.07. The highest BCUT2D eigenvalue weighted by Crippen LogP contribution is 2.27. The van der Waals surface area contributed by atoms with Gasteiger partial charge >= 0.3 is 0 Å².